The standard InChI is InChI=1S/C16H16N2O2/c1-4-12(2)20-16(19)15-10-17-11-18(15)13(3)14-8-6-5-7-9-14/h1,5-13H,2-3H3/t12?,13-/m1/s1. The third kappa shape index (κ3) is 2.89. The van der Waals surface area contributed by atoms with E-state index in [1.165, 1.54) is 6.20 Å². The molecule has 0 bridgehead atoms. The number of carbonyl (C=O) groups excluding carboxylic acids is 1. The average Bonchev–Trinajstić information content (AvgIpc) is 2.96. The van der Waals surface area contributed by atoms with Gasteiger partial charge in [-0.05, 0) is 19.4 Å². The Morgan fingerprint density at radius 1 is 1.35 bits per heavy atom. The number of hydrogen-bond acceptors (Lipinski definition) is 3. The van der Waals surface area contributed by atoms with Crippen LogP contribution in [0.15, 0.2) is 42.9 Å². The molecule has 0 amide bonds. The molecule has 4 nitrogen and oxygen atoms in total. The van der Waals surface area contributed by atoms with Gasteiger partial charge >= 0.3 is 5.97 Å². The minimum atomic E-state index is -0.558. The zero-order valence-electron chi connectivity index (χ0n) is 11.5. The Morgan fingerprint density at radius 3 is 2.70 bits per heavy atom. The Labute approximate surface area is 118 Å². The van der Waals surface area contributed by atoms with Gasteiger partial charge in [0.15, 0.2) is 6.10 Å². The first-order valence-corrected chi connectivity index (χ1v) is 6.37. The van der Waals surface area contributed by atoms with Crippen molar-refractivity contribution in [2.45, 2.75) is 26.0 Å². The van der Waals surface area contributed by atoms with E-state index in [0.717, 1.165) is 5.56 Å². The lowest BCUT2D eigenvalue weighted by Gasteiger charge is -2.16. The molecule has 102 valence electrons. The quantitative estimate of drug-likeness (QED) is 0.632. The fourth-order valence-electron chi connectivity index (χ4n) is 1.92. The van der Waals surface area contributed by atoms with Crippen LogP contribution in [0.2, 0.25) is 0 Å². The van der Waals surface area contributed by atoms with Crippen molar-refractivity contribution in [2.75, 3.05) is 0 Å². The van der Waals surface area contributed by atoms with Gasteiger partial charge in [-0.2, -0.15) is 0 Å². The van der Waals surface area contributed by atoms with Gasteiger partial charge in [0.25, 0.3) is 0 Å². The lowest BCUT2D eigenvalue weighted by atomic mass is 10.1. The van der Waals surface area contributed by atoms with Crippen molar-refractivity contribution in [2.24, 2.45) is 0 Å². The second-order valence-corrected chi connectivity index (χ2v) is 4.49. The zero-order valence-corrected chi connectivity index (χ0v) is 11.5. The van der Waals surface area contributed by atoms with E-state index in [-0.39, 0.29) is 6.04 Å². The maximum atomic E-state index is 12.1. The van der Waals surface area contributed by atoms with E-state index in [9.17, 15) is 4.79 Å². The molecule has 4 heteroatoms. The number of ether oxygens (including phenoxy) is 1. The minimum Gasteiger partial charge on any atom is -0.445 e. The van der Waals surface area contributed by atoms with Gasteiger partial charge in [0, 0.05) is 0 Å². The summed E-state index contributed by atoms with van der Waals surface area (Å²) in [4.78, 5) is 16.1. The predicted molar refractivity (Wildman–Crippen MR) is 76.2 cm³/mol. The van der Waals surface area contributed by atoms with E-state index in [1.807, 2.05) is 37.3 Å². The van der Waals surface area contributed by atoms with Gasteiger partial charge in [-0.15, -0.1) is 6.42 Å². The van der Waals surface area contributed by atoms with Crippen molar-refractivity contribution >= 4 is 5.97 Å². The van der Waals surface area contributed by atoms with Crippen LogP contribution < -0.4 is 0 Å². The SMILES string of the molecule is C#CC(C)OC(=O)c1cncn1[C@H](C)c1ccccc1. The van der Waals surface area contributed by atoms with Gasteiger partial charge < -0.3 is 9.30 Å². The van der Waals surface area contributed by atoms with Crippen LogP contribution in [0.25, 0.3) is 0 Å². The number of hydrogen-bond donors (Lipinski definition) is 0. The molecular formula is C16H16N2O2. The average molecular weight is 268 g/mol. The molecule has 1 unspecified atom stereocenters. The topological polar surface area (TPSA) is 44.1 Å². The van der Waals surface area contributed by atoms with Crippen LogP contribution >= 0.6 is 0 Å². The van der Waals surface area contributed by atoms with Crippen molar-refractivity contribution in [3.8, 4) is 12.3 Å². The number of rotatable bonds is 4. The molecule has 2 atom stereocenters. The maximum Gasteiger partial charge on any atom is 0.357 e. The fourth-order valence-corrected chi connectivity index (χ4v) is 1.92. The van der Waals surface area contributed by atoms with Gasteiger partial charge in [-0.25, -0.2) is 9.78 Å². The number of imidazole rings is 1. The first-order chi connectivity index (χ1) is 9.63. The Morgan fingerprint density at radius 2 is 2.05 bits per heavy atom. The van der Waals surface area contributed by atoms with Crippen LogP contribution in [0.5, 0.6) is 0 Å². The van der Waals surface area contributed by atoms with Crippen molar-refractivity contribution in [3.63, 3.8) is 0 Å². The third-order valence-electron chi connectivity index (χ3n) is 3.09. The highest BCUT2D eigenvalue weighted by Crippen LogP contribution is 2.19. The van der Waals surface area contributed by atoms with Gasteiger partial charge in [0.05, 0.1) is 18.6 Å². The summed E-state index contributed by atoms with van der Waals surface area (Å²) in [5.41, 5.74) is 1.48. The van der Waals surface area contributed by atoms with Gasteiger partial charge in [-0.3, -0.25) is 0 Å². The van der Waals surface area contributed by atoms with Gasteiger partial charge in [-0.1, -0.05) is 36.3 Å². The van der Waals surface area contributed by atoms with E-state index >= 15 is 0 Å². The molecule has 0 aliphatic carbocycles. The molecule has 20 heavy (non-hydrogen) atoms. The summed E-state index contributed by atoms with van der Waals surface area (Å²) in [6.07, 6.45) is 7.77. The van der Waals surface area contributed by atoms with Crippen LogP contribution in [0, 0.1) is 12.3 Å². The van der Waals surface area contributed by atoms with Gasteiger partial charge in [0.2, 0.25) is 0 Å². The summed E-state index contributed by atoms with van der Waals surface area (Å²) in [7, 11) is 0. The molecule has 0 aliphatic heterocycles. The van der Waals surface area contributed by atoms with E-state index in [0.29, 0.717) is 5.69 Å². The summed E-state index contributed by atoms with van der Waals surface area (Å²) in [6.45, 7) is 3.65. The van der Waals surface area contributed by atoms with E-state index in [1.54, 1.807) is 17.8 Å². The highest BCUT2D eigenvalue weighted by Gasteiger charge is 2.19. The number of benzene rings is 1. The summed E-state index contributed by atoms with van der Waals surface area (Å²) < 4.78 is 6.91. The largest absolute Gasteiger partial charge is 0.445 e. The third-order valence-corrected chi connectivity index (χ3v) is 3.09. The number of esters is 1. The molecule has 0 spiro atoms. The van der Waals surface area contributed by atoms with Crippen molar-refractivity contribution in [1.82, 2.24) is 9.55 Å². The van der Waals surface area contributed by atoms with Crippen molar-refractivity contribution in [1.29, 1.82) is 0 Å². The maximum absolute atomic E-state index is 12.1. The first-order valence-electron chi connectivity index (χ1n) is 6.37. The Kier molecular flexibility index (Phi) is 4.21. The zero-order chi connectivity index (χ0) is 14.5. The second kappa shape index (κ2) is 6.07. The first kappa shape index (κ1) is 13.9. The fraction of sp³-hybridized carbons (Fsp3) is 0.250. The van der Waals surface area contributed by atoms with Gasteiger partial charge in [0.1, 0.15) is 5.69 Å². The Balaban J connectivity index is 2.25. The highest BCUT2D eigenvalue weighted by molar-refractivity contribution is 5.87. The molecule has 2 rings (SSSR count). The molecule has 1 heterocycles. The Bertz CT molecular complexity index is 625. The lowest BCUT2D eigenvalue weighted by molar-refractivity contribution is 0.0425. The number of nitrogens with zero attached hydrogens (tertiary/aromatic N) is 2. The Hall–Kier alpha value is -2.54. The van der Waals surface area contributed by atoms with E-state index in [4.69, 9.17) is 11.2 Å². The molecule has 0 saturated carbocycles. The molecule has 0 radical (unpaired) electrons. The predicted octanol–water partition coefficient (Wildman–Crippen LogP) is 2.67. The van der Waals surface area contributed by atoms with Crippen molar-refractivity contribution in [3.05, 3.63) is 54.1 Å². The van der Waals surface area contributed by atoms with Crippen LogP contribution in [-0.2, 0) is 4.74 Å². The van der Waals surface area contributed by atoms with Crippen LogP contribution in [0.4, 0.5) is 0 Å². The highest BCUT2D eigenvalue weighted by atomic mass is 16.5. The van der Waals surface area contributed by atoms with E-state index in [2.05, 4.69) is 10.9 Å². The normalized spacial score (nSPS) is 13.2. The molecule has 1 aromatic heterocycles. The molecule has 0 aliphatic rings. The molecule has 2 aromatic rings. The second-order valence-electron chi connectivity index (χ2n) is 4.49. The lowest BCUT2D eigenvalue weighted by Crippen LogP contribution is -2.18. The molecule has 1 aromatic carbocycles. The molecular weight excluding hydrogens is 252 g/mol. The summed E-state index contributed by atoms with van der Waals surface area (Å²) >= 11 is 0. The van der Waals surface area contributed by atoms with E-state index < -0.39 is 12.1 Å². The molecule has 0 fully saturated rings. The number of aromatic nitrogens is 2. The summed E-state index contributed by atoms with van der Waals surface area (Å²) in [6, 6.07) is 9.87. The molecule has 0 saturated heterocycles. The monoisotopic (exact) mass is 268 g/mol. The number of carbonyl (C=O) groups is 1. The van der Waals surface area contributed by atoms with Crippen LogP contribution in [-0.4, -0.2) is 21.6 Å². The van der Waals surface area contributed by atoms with Crippen LogP contribution in [0.1, 0.15) is 35.9 Å². The summed E-state index contributed by atoms with van der Waals surface area (Å²) in [5.74, 6) is 1.90. The smallest absolute Gasteiger partial charge is 0.357 e. The molecule has 0 N–H and O–H groups in total. The minimum absolute atomic E-state index is 0.0117. The number of terminal acetylenes is 1. The van der Waals surface area contributed by atoms with Crippen LogP contribution in [0.3, 0.4) is 0 Å². The summed E-state index contributed by atoms with van der Waals surface area (Å²) in [5, 5.41) is 0. The van der Waals surface area contributed by atoms with Crippen molar-refractivity contribution < 1.29 is 9.53 Å².